The van der Waals surface area contributed by atoms with E-state index in [0.717, 1.165) is 37.5 Å². The Labute approximate surface area is 160 Å². The van der Waals surface area contributed by atoms with E-state index in [9.17, 15) is 4.79 Å². The van der Waals surface area contributed by atoms with Crippen molar-refractivity contribution in [2.45, 2.75) is 77.7 Å². The van der Waals surface area contributed by atoms with Crippen LogP contribution in [0, 0.1) is 26.9 Å². The molecule has 5 fully saturated rings. The molecule has 5 aliphatic rings. The minimum Gasteiger partial charge on any atom is -0.354 e. The first-order chi connectivity index (χ1) is 12.3. The van der Waals surface area contributed by atoms with Crippen LogP contribution in [0.4, 0.5) is 0 Å². The summed E-state index contributed by atoms with van der Waals surface area (Å²) in [5.41, 5.74) is 0.621. The minimum absolute atomic E-state index is 0.125. The highest BCUT2D eigenvalue weighted by atomic mass is 32.1. The summed E-state index contributed by atoms with van der Waals surface area (Å²) in [6, 6.07) is 0. The fourth-order valence-electron chi connectivity index (χ4n) is 7.37. The van der Waals surface area contributed by atoms with Crippen molar-refractivity contribution < 1.29 is 4.79 Å². The molecule has 2 unspecified atom stereocenters. The van der Waals surface area contributed by atoms with Crippen molar-refractivity contribution in [1.82, 2.24) is 20.1 Å². The Morgan fingerprint density at radius 1 is 1.23 bits per heavy atom. The second-order valence-corrected chi connectivity index (χ2v) is 10.9. The van der Waals surface area contributed by atoms with Gasteiger partial charge in [-0.05, 0) is 80.3 Å². The van der Waals surface area contributed by atoms with Crippen LogP contribution in [0.1, 0.15) is 77.0 Å². The van der Waals surface area contributed by atoms with E-state index in [-0.39, 0.29) is 5.41 Å². The Kier molecular flexibility index (Phi) is 3.54. The Hall–Kier alpha value is -1.17. The first kappa shape index (κ1) is 17.0. The number of hydrogen-bond donors (Lipinski definition) is 2. The van der Waals surface area contributed by atoms with Gasteiger partial charge < -0.3 is 9.88 Å². The molecular weight excluding hydrogens is 344 g/mol. The molecule has 0 radical (unpaired) electrons. The van der Waals surface area contributed by atoms with Crippen molar-refractivity contribution in [3.8, 4) is 0 Å². The zero-order chi connectivity index (χ0) is 18.2. The largest absolute Gasteiger partial charge is 0.354 e. The van der Waals surface area contributed by atoms with Crippen LogP contribution < -0.4 is 5.32 Å². The van der Waals surface area contributed by atoms with Crippen molar-refractivity contribution in [3.05, 3.63) is 10.6 Å². The summed E-state index contributed by atoms with van der Waals surface area (Å²) in [5.74, 6) is 2.67. The lowest BCUT2D eigenvalue weighted by molar-refractivity contribution is -0.170. The first-order valence-corrected chi connectivity index (χ1v) is 10.6. The summed E-state index contributed by atoms with van der Waals surface area (Å²) < 4.78 is 2.76. The predicted octanol–water partition coefficient (Wildman–Crippen LogP) is 3.93. The summed E-state index contributed by atoms with van der Waals surface area (Å²) in [7, 11) is 0. The van der Waals surface area contributed by atoms with Gasteiger partial charge in [-0.15, -0.1) is 0 Å². The molecule has 0 saturated heterocycles. The highest BCUT2D eigenvalue weighted by Gasteiger charge is 2.62. The van der Waals surface area contributed by atoms with Crippen LogP contribution in [0.5, 0.6) is 0 Å². The normalized spacial score (nSPS) is 40.8. The molecule has 5 saturated carbocycles. The number of H-pyrrole nitrogens is 1. The summed E-state index contributed by atoms with van der Waals surface area (Å²) in [6.07, 6.45) is 9.62. The van der Waals surface area contributed by atoms with Gasteiger partial charge in [-0.25, -0.2) is 0 Å². The lowest BCUT2D eigenvalue weighted by Gasteiger charge is -2.64. The van der Waals surface area contributed by atoms with Crippen molar-refractivity contribution >= 4 is 18.1 Å². The van der Waals surface area contributed by atoms with Gasteiger partial charge in [-0.2, -0.15) is 5.10 Å². The minimum atomic E-state index is -0.125. The molecule has 1 aromatic rings. The first-order valence-electron chi connectivity index (χ1n) is 10.2. The smallest absolute Gasteiger partial charge is 0.226 e. The van der Waals surface area contributed by atoms with E-state index >= 15 is 0 Å². The summed E-state index contributed by atoms with van der Waals surface area (Å²) in [5, 5.41) is 10.6. The number of aromatic nitrogens is 3. The average Bonchev–Trinajstić information content (AvgIpc) is 3.28. The zero-order valence-electron chi connectivity index (χ0n) is 15.9. The average molecular weight is 375 g/mol. The molecule has 2 N–H and O–H groups in total. The number of nitrogens with one attached hydrogen (secondary N) is 2. The lowest BCUT2D eigenvalue weighted by Crippen LogP contribution is -2.60. The molecule has 0 spiro atoms. The molecule has 4 atom stereocenters. The van der Waals surface area contributed by atoms with Gasteiger partial charge in [0.15, 0.2) is 4.77 Å². The highest BCUT2D eigenvalue weighted by molar-refractivity contribution is 7.71. The Morgan fingerprint density at radius 2 is 1.92 bits per heavy atom. The summed E-state index contributed by atoms with van der Waals surface area (Å²) in [4.78, 5) is 13.3. The van der Waals surface area contributed by atoms with Crippen molar-refractivity contribution in [1.29, 1.82) is 0 Å². The fourth-order valence-corrected chi connectivity index (χ4v) is 7.60. The van der Waals surface area contributed by atoms with Gasteiger partial charge in [0.2, 0.25) is 5.91 Å². The molecular formula is C20H30N4OS. The highest BCUT2D eigenvalue weighted by Crippen LogP contribution is 2.69. The third-order valence-corrected chi connectivity index (χ3v) is 7.77. The molecule has 0 aliphatic heterocycles. The number of aromatic amines is 1. The number of carbonyl (C=O) groups is 1. The fraction of sp³-hybridized carbons (Fsp3) is 0.850. The van der Waals surface area contributed by atoms with Gasteiger partial charge in [0, 0.05) is 19.0 Å². The second-order valence-electron chi connectivity index (χ2n) is 10.5. The van der Waals surface area contributed by atoms with E-state index in [1.165, 1.54) is 32.1 Å². The predicted molar refractivity (Wildman–Crippen MR) is 102 cm³/mol. The zero-order valence-corrected chi connectivity index (χ0v) is 16.8. The summed E-state index contributed by atoms with van der Waals surface area (Å²) in [6.45, 7) is 6.21. The van der Waals surface area contributed by atoms with E-state index in [0.29, 0.717) is 34.0 Å². The van der Waals surface area contributed by atoms with Gasteiger partial charge in [0.05, 0.1) is 5.41 Å². The van der Waals surface area contributed by atoms with Crippen molar-refractivity contribution in [2.24, 2.45) is 22.2 Å². The maximum Gasteiger partial charge on any atom is 0.226 e. The molecule has 0 aromatic carbocycles. The number of amides is 1. The molecule has 6 heteroatoms. The molecule has 1 amide bonds. The van der Waals surface area contributed by atoms with Crippen LogP contribution in [-0.2, 0) is 11.3 Å². The van der Waals surface area contributed by atoms with E-state index in [1.807, 2.05) is 0 Å². The van der Waals surface area contributed by atoms with Gasteiger partial charge >= 0.3 is 0 Å². The molecule has 142 valence electrons. The van der Waals surface area contributed by atoms with Gasteiger partial charge in [-0.3, -0.25) is 9.89 Å². The quantitative estimate of drug-likeness (QED) is 0.768. The van der Waals surface area contributed by atoms with Crippen LogP contribution in [0.15, 0.2) is 0 Å². The van der Waals surface area contributed by atoms with Crippen LogP contribution in [0.2, 0.25) is 0 Å². The number of carbonyl (C=O) groups excluding carboxylic acids is 1. The van der Waals surface area contributed by atoms with E-state index in [1.54, 1.807) is 0 Å². The number of hydrogen-bond acceptors (Lipinski definition) is 3. The van der Waals surface area contributed by atoms with Gasteiger partial charge in [-0.1, -0.05) is 13.8 Å². The van der Waals surface area contributed by atoms with Crippen LogP contribution in [0.25, 0.3) is 0 Å². The second kappa shape index (κ2) is 5.43. The third kappa shape index (κ3) is 2.67. The molecule has 6 rings (SSSR count). The SMILES string of the molecule is C[C@]12CC3CC(C(=O)NCCn4c(C5CC5)n[nH]c4=S)(C1)C[C@@](C)(C3)C2. The lowest BCUT2D eigenvalue weighted by atomic mass is 9.40. The van der Waals surface area contributed by atoms with Crippen molar-refractivity contribution in [2.75, 3.05) is 6.54 Å². The third-order valence-electron chi connectivity index (χ3n) is 7.46. The monoisotopic (exact) mass is 374 g/mol. The summed E-state index contributed by atoms with van der Waals surface area (Å²) >= 11 is 5.38. The van der Waals surface area contributed by atoms with Gasteiger partial charge in [0.25, 0.3) is 0 Å². The van der Waals surface area contributed by atoms with Gasteiger partial charge in [0.1, 0.15) is 5.82 Å². The molecule has 4 bridgehead atoms. The molecule has 5 nitrogen and oxygen atoms in total. The maximum absolute atomic E-state index is 13.3. The van der Waals surface area contributed by atoms with E-state index in [2.05, 4.69) is 33.9 Å². The topological polar surface area (TPSA) is 62.7 Å². The Bertz CT molecular complexity index is 789. The Balaban J connectivity index is 1.28. The number of rotatable bonds is 5. The van der Waals surface area contributed by atoms with Crippen LogP contribution >= 0.6 is 12.2 Å². The standard InChI is InChI=1S/C20H30N4OS/c1-18-7-13-8-19(2,10-18)12-20(9-13,11-18)16(25)21-5-6-24-15(14-3-4-14)22-23-17(24)26/h13-14H,3-12H2,1-2H3,(H,21,25)(H,23,26)/t13?,18-,19+,20?. The number of nitrogens with zero attached hydrogens (tertiary/aromatic N) is 2. The molecule has 5 aliphatic carbocycles. The van der Waals surface area contributed by atoms with E-state index in [4.69, 9.17) is 12.2 Å². The molecule has 1 aromatic heterocycles. The maximum atomic E-state index is 13.3. The van der Waals surface area contributed by atoms with Crippen LogP contribution in [0.3, 0.4) is 0 Å². The Morgan fingerprint density at radius 3 is 2.54 bits per heavy atom. The van der Waals surface area contributed by atoms with Crippen LogP contribution in [-0.4, -0.2) is 27.2 Å². The van der Waals surface area contributed by atoms with Crippen molar-refractivity contribution in [3.63, 3.8) is 0 Å². The molecule has 26 heavy (non-hydrogen) atoms. The van der Waals surface area contributed by atoms with E-state index < -0.39 is 0 Å². The molecule has 1 heterocycles.